The van der Waals surface area contributed by atoms with Crippen molar-refractivity contribution in [1.82, 2.24) is 4.40 Å². The van der Waals surface area contributed by atoms with Gasteiger partial charge in [0.25, 0.3) is 0 Å². The fraction of sp³-hybridized carbons (Fsp3) is 0. The lowest BCUT2D eigenvalue weighted by Crippen LogP contribution is -1.80. The van der Waals surface area contributed by atoms with E-state index in [1.165, 1.54) is 0 Å². The quantitative estimate of drug-likeness (QED) is 0.576. The fourth-order valence-corrected chi connectivity index (χ4v) is 1.83. The van der Waals surface area contributed by atoms with Crippen LogP contribution in [0.2, 0.25) is 0 Å². The predicted octanol–water partition coefficient (Wildman–Crippen LogP) is 2.52. The zero-order chi connectivity index (χ0) is 7.84. The summed E-state index contributed by atoms with van der Waals surface area (Å²) in [5.74, 6) is 0. The van der Waals surface area contributed by atoms with Gasteiger partial charge in [0.15, 0.2) is 0 Å². The van der Waals surface area contributed by atoms with Gasteiger partial charge in [-0.1, -0.05) is 6.07 Å². The van der Waals surface area contributed by atoms with Gasteiger partial charge in [-0.2, -0.15) is 0 Å². The van der Waals surface area contributed by atoms with E-state index in [9.17, 15) is 0 Å². The Hall–Kier alpha value is -0.540. The van der Waals surface area contributed by atoms with Crippen LogP contribution in [0.15, 0.2) is 40.4 Å². The number of fused-ring (bicyclic) bond motifs is 1. The highest BCUT2D eigenvalue weighted by Gasteiger charge is 2.00. The molecule has 56 valence electrons. The molecule has 0 aliphatic rings. The monoisotopic (exact) mass is 181 g/mol. The van der Waals surface area contributed by atoms with Crippen LogP contribution in [0, 0.1) is 0 Å². The number of rotatable bonds is 0. The highest BCUT2D eigenvalue weighted by atomic mass is 32.1. The average Bonchev–Trinajstić information content (AvgIpc) is 2.30. The van der Waals surface area contributed by atoms with Crippen LogP contribution in [0.1, 0.15) is 0 Å². The molecule has 0 unspecified atom stereocenters. The Morgan fingerprint density at radius 2 is 2.00 bits per heavy atom. The van der Waals surface area contributed by atoms with Crippen LogP contribution in [0.5, 0.6) is 0 Å². The molecular weight excluding hydrogens is 174 g/mol. The third kappa shape index (κ3) is 1.04. The van der Waals surface area contributed by atoms with E-state index in [1.807, 2.05) is 34.9 Å². The molecule has 1 nitrogen and oxygen atoms in total. The first-order valence-corrected chi connectivity index (χ1v) is 4.16. The summed E-state index contributed by atoms with van der Waals surface area (Å²) in [5.41, 5.74) is 1.10. The summed E-state index contributed by atoms with van der Waals surface area (Å²) in [6.45, 7) is 0. The van der Waals surface area contributed by atoms with E-state index in [0.29, 0.717) is 0 Å². The minimum atomic E-state index is 0.922. The van der Waals surface area contributed by atoms with Crippen molar-refractivity contribution in [1.29, 1.82) is 0 Å². The van der Waals surface area contributed by atoms with Gasteiger partial charge >= 0.3 is 0 Å². The largest absolute Gasteiger partial charge is 0.311 e. The molecule has 0 fully saturated rings. The van der Waals surface area contributed by atoms with Gasteiger partial charge in [-0.3, -0.25) is 0 Å². The molecule has 0 aliphatic heterocycles. The molecule has 0 atom stereocenters. The fourth-order valence-electron chi connectivity index (χ4n) is 1.12. The number of aromatic nitrogens is 1. The maximum Gasteiger partial charge on any atom is 0.0774 e. The molecule has 0 N–H and O–H groups in total. The number of hydrogen-bond acceptors (Lipinski definition) is 2. The van der Waals surface area contributed by atoms with Crippen LogP contribution in [-0.2, 0) is 0 Å². The molecule has 0 saturated carbocycles. The molecule has 0 saturated heterocycles. The van der Waals surface area contributed by atoms with Crippen LogP contribution in [0.4, 0.5) is 0 Å². The first-order valence-electron chi connectivity index (χ1n) is 3.27. The highest BCUT2D eigenvalue weighted by Crippen LogP contribution is 2.21. The van der Waals surface area contributed by atoms with Gasteiger partial charge in [0, 0.05) is 11.1 Å². The zero-order valence-corrected chi connectivity index (χ0v) is 7.52. The molecular formula is C8H7NS2. The summed E-state index contributed by atoms with van der Waals surface area (Å²) in [6.07, 6.45) is 1.97. The van der Waals surface area contributed by atoms with Crippen molar-refractivity contribution in [3.8, 4) is 0 Å². The van der Waals surface area contributed by atoms with Crippen molar-refractivity contribution >= 4 is 30.8 Å². The smallest absolute Gasteiger partial charge is 0.0774 e. The minimum Gasteiger partial charge on any atom is -0.311 e. The van der Waals surface area contributed by atoms with Crippen molar-refractivity contribution < 1.29 is 0 Å². The molecule has 0 spiro atoms. The van der Waals surface area contributed by atoms with E-state index in [0.717, 1.165) is 15.4 Å². The Morgan fingerprint density at radius 3 is 2.73 bits per heavy atom. The average molecular weight is 181 g/mol. The second kappa shape index (κ2) is 2.50. The minimum absolute atomic E-state index is 0.922. The van der Waals surface area contributed by atoms with E-state index >= 15 is 0 Å². The van der Waals surface area contributed by atoms with Gasteiger partial charge in [-0.25, -0.2) is 0 Å². The van der Waals surface area contributed by atoms with Crippen molar-refractivity contribution in [2.24, 2.45) is 0 Å². The summed E-state index contributed by atoms with van der Waals surface area (Å²) in [5, 5.41) is 0.922. The highest BCUT2D eigenvalue weighted by molar-refractivity contribution is 7.81. The van der Waals surface area contributed by atoms with Crippen molar-refractivity contribution in [2.45, 2.75) is 9.92 Å². The van der Waals surface area contributed by atoms with Crippen molar-refractivity contribution in [3.63, 3.8) is 0 Å². The normalized spacial score (nSPS) is 10.7. The van der Waals surface area contributed by atoms with Gasteiger partial charge in [-0.15, -0.1) is 25.3 Å². The molecule has 2 aromatic rings. The number of pyridine rings is 1. The van der Waals surface area contributed by atoms with Crippen molar-refractivity contribution in [2.75, 3.05) is 0 Å². The maximum absolute atomic E-state index is 4.30. The van der Waals surface area contributed by atoms with Gasteiger partial charge in [-0.05, 0) is 18.2 Å². The molecule has 2 heterocycles. The topological polar surface area (TPSA) is 4.41 Å². The van der Waals surface area contributed by atoms with E-state index in [2.05, 4.69) is 25.3 Å². The van der Waals surface area contributed by atoms with Gasteiger partial charge in [0.1, 0.15) is 0 Å². The van der Waals surface area contributed by atoms with Crippen LogP contribution in [0.25, 0.3) is 5.52 Å². The Bertz CT molecular complexity index is 356. The predicted molar refractivity (Wildman–Crippen MR) is 51.9 cm³/mol. The van der Waals surface area contributed by atoms with E-state index in [1.54, 1.807) is 0 Å². The number of nitrogens with zero attached hydrogens (tertiary/aromatic N) is 1. The molecule has 0 bridgehead atoms. The van der Waals surface area contributed by atoms with E-state index in [-0.39, 0.29) is 0 Å². The molecule has 3 heteroatoms. The molecule has 0 aliphatic carbocycles. The lowest BCUT2D eigenvalue weighted by atomic mass is 10.4. The summed E-state index contributed by atoms with van der Waals surface area (Å²) in [7, 11) is 0. The third-order valence-electron chi connectivity index (χ3n) is 1.63. The lowest BCUT2D eigenvalue weighted by Gasteiger charge is -1.94. The molecule has 2 rings (SSSR count). The first-order chi connectivity index (χ1) is 5.29. The SMILES string of the molecule is Sc1cc(S)n2ccccc12. The van der Waals surface area contributed by atoms with Crippen LogP contribution >= 0.6 is 25.3 Å². The van der Waals surface area contributed by atoms with Crippen LogP contribution in [0.3, 0.4) is 0 Å². The maximum atomic E-state index is 4.30. The Balaban J connectivity index is 2.95. The zero-order valence-electron chi connectivity index (χ0n) is 5.73. The van der Waals surface area contributed by atoms with Gasteiger partial charge in [0.2, 0.25) is 0 Å². The standard InChI is InChI=1S/C8H7NS2/c10-7-5-8(11)9-4-2-1-3-6(7)9/h1-5,10-11H. The van der Waals surface area contributed by atoms with Gasteiger partial charge in [0.05, 0.1) is 10.5 Å². The Morgan fingerprint density at radius 1 is 1.18 bits per heavy atom. The molecule has 0 radical (unpaired) electrons. The second-order valence-electron chi connectivity index (χ2n) is 2.34. The molecule has 0 amide bonds. The first kappa shape index (κ1) is 7.13. The molecule has 2 aromatic heterocycles. The summed E-state index contributed by atoms with van der Waals surface area (Å²) >= 11 is 8.59. The Labute approximate surface area is 75.9 Å². The number of hydrogen-bond donors (Lipinski definition) is 2. The summed E-state index contributed by atoms with van der Waals surface area (Å²) in [6, 6.07) is 7.91. The third-order valence-corrected chi connectivity index (χ3v) is 2.34. The second-order valence-corrected chi connectivity index (χ2v) is 3.28. The van der Waals surface area contributed by atoms with Crippen LogP contribution in [-0.4, -0.2) is 4.40 Å². The summed E-state index contributed by atoms with van der Waals surface area (Å²) < 4.78 is 1.99. The van der Waals surface area contributed by atoms with Crippen LogP contribution < -0.4 is 0 Å². The molecule has 11 heavy (non-hydrogen) atoms. The van der Waals surface area contributed by atoms with E-state index in [4.69, 9.17) is 0 Å². The van der Waals surface area contributed by atoms with Crippen molar-refractivity contribution in [3.05, 3.63) is 30.5 Å². The van der Waals surface area contributed by atoms with E-state index < -0.39 is 0 Å². The number of thiol groups is 2. The lowest BCUT2D eigenvalue weighted by molar-refractivity contribution is 1.06. The molecule has 0 aromatic carbocycles. The summed E-state index contributed by atoms with van der Waals surface area (Å²) in [4.78, 5) is 0.968. The Kier molecular flexibility index (Phi) is 1.62. The van der Waals surface area contributed by atoms with Gasteiger partial charge < -0.3 is 4.40 Å².